The van der Waals surface area contributed by atoms with Gasteiger partial charge in [0, 0.05) is 22.4 Å². The van der Waals surface area contributed by atoms with Crippen molar-refractivity contribution in [3.63, 3.8) is 0 Å². The van der Waals surface area contributed by atoms with Gasteiger partial charge in [-0.05, 0) is 53.4 Å². The van der Waals surface area contributed by atoms with Gasteiger partial charge in [-0.3, -0.25) is 4.79 Å². The summed E-state index contributed by atoms with van der Waals surface area (Å²) in [4.78, 5) is 14.8. The van der Waals surface area contributed by atoms with Gasteiger partial charge >= 0.3 is 0 Å². The lowest BCUT2D eigenvalue weighted by Gasteiger charge is -2.29. The molecule has 1 aromatic rings. The summed E-state index contributed by atoms with van der Waals surface area (Å²) in [6.45, 7) is 3.71. The van der Waals surface area contributed by atoms with Gasteiger partial charge in [0.1, 0.15) is 0 Å². The van der Waals surface area contributed by atoms with E-state index in [2.05, 4.69) is 31.9 Å². The Hall–Kier alpha value is -0.350. The Kier molecular flexibility index (Phi) is 4.26. The Labute approximate surface area is 119 Å². The highest BCUT2D eigenvalue weighted by atomic mass is 79.9. The molecule has 1 aromatic carbocycles. The van der Waals surface area contributed by atoms with E-state index in [-0.39, 0.29) is 5.91 Å². The molecule has 0 saturated carbocycles. The van der Waals surface area contributed by atoms with Crippen molar-refractivity contribution in [2.75, 3.05) is 13.1 Å². The van der Waals surface area contributed by atoms with Crippen LogP contribution < -0.4 is 0 Å². The monoisotopic (exact) mass is 359 g/mol. The van der Waals surface area contributed by atoms with Gasteiger partial charge < -0.3 is 4.90 Å². The Morgan fingerprint density at radius 1 is 1.35 bits per heavy atom. The van der Waals surface area contributed by atoms with Crippen LogP contribution in [0.2, 0.25) is 0 Å². The summed E-state index contributed by atoms with van der Waals surface area (Å²) < 4.78 is 0.892. The molecule has 0 N–H and O–H groups in total. The summed E-state index contributed by atoms with van der Waals surface area (Å²) in [5, 5.41) is 0. The molecule has 0 unspecified atom stereocenters. The van der Waals surface area contributed by atoms with Gasteiger partial charge in [0.25, 0.3) is 5.91 Å². The zero-order valence-corrected chi connectivity index (χ0v) is 12.9. The first-order chi connectivity index (χ1) is 8.08. The lowest BCUT2D eigenvalue weighted by Crippen LogP contribution is -2.38. The van der Waals surface area contributed by atoms with Crippen LogP contribution in [-0.4, -0.2) is 28.7 Å². The fourth-order valence-electron chi connectivity index (χ4n) is 2.01. The van der Waals surface area contributed by atoms with E-state index in [9.17, 15) is 4.79 Å². The second-order valence-electron chi connectivity index (χ2n) is 4.45. The molecule has 1 amide bonds. The highest BCUT2D eigenvalue weighted by Gasteiger charge is 2.23. The smallest absolute Gasteiger partial charge is 0.254 e. The molecule has 92 valence electrons. The fourth-order valence-corrected chi connectivity index (χ4v) is 3.09. The summed E-state index contributed by atoms with van der Waals surface area (Å²) in [5.41, 5.74) is 1.93. The van der Waals surface area contributed by atoms with E-state index in [0.29, 0.717) is 4.83 Å². The van der Waals surface area contributed by atoms with Crippen LogP contribution in [-0.2, 0) is 0 Å². The van der Waals surface area contributed by atoms with E-state index in [1.807, 2.05) is 30.0 Å². The second kappa shape index (κ2) is 5.53. The van der Waals surface area contributed by atoms with Gasteiger partial charge in [-0.1, -0.05) is 22.0 Å². The van der Waals surface area contributed by atoms with Crippen LogP contribution in [0.4, 0.5) is 0 Å². The summed E-state index contributed by atoms with van der Waals surface area (Å²) in [5.74, 6) is 0.135. The Balaban J connectivity index is 2.14. The van der Waals surface area contributed by atoms with Crippen molar-refractivity contribution < 1.29 is 4.79 Å². The minimum Gasteiger partial charge on any atom is -0.339 e. The maximum atomic E-state index is 12.3. The highest BCUT2D eigenvalue weighted by Crippen LogP contribution is 2.23. The molecule has 1 aliphatic heterocycles. The predicted molar refractivity (Wildman–Crippen MR) is 76.7 cm³/mol. The molecule has 0 aliphatic carbocycles. The number of hydrogen-bond donors (Lipinski definition) is 0. The Bertz CT molecular complexity index is 425. The SMILES string of the molecule is Cc1ccc(C(=O)N2CCC(Br)CC2)c(Br)c1. The summed E-state index contributed by atoms with van der Waals surface area (Å²) in [6.07, 6.45) is 2.07. The average molecular weight is 361 g/mol. The normalized spacial score (nSPS) is 17.2. The zero-order chi connectivity index (χ0) is 12.4. The van der Waals surface area contributed by atoms with Crippen molar-refractivity contribution in [1.29, 1.82) is 0 Å². The summed E-state index contributed by atoms with van der Waals surface area (Å²) >= 11 is 7.07. The number of amides is 1. The number of hydrogen-bond acceptors (Lipinski definition) is 1. The molecule has 0 atom stereocenters. The standard InChI is InChI=1S/C13H15Br2NO/c1-9-2-3-11(12(15)8-9)13(17)16-6-4-10(14)5-7-16/h2-3,8,10H,4-7H2,1H3. The maximum Gasteiger partial charge on any atom is 0.254 e. The van der Waals surface area contributed by atoms with Crippen LogP contribution in [0.15, 0.2) is 22.7 Å². The molecular weight excluding hydrogens is 346 g/mol. The Morgan fingerprint density at radius 3 is 2.59 bits per heavy atom. The van der Waals surface area contributed by atoms with Crippen molar-refractivity contribution in [2.45, 2.75) is 24.6 Å². The number of nitrogens with zero attached hydrogens (tertiary/aromatic N) is 1. The van der Waals surface area contributed by atoms with E-state index in [4.69, 9.17) is 0 Å². The first-order valence-corrected chi connectivity index (χ1v) is 7.48. The van der Waals surface area contributed by atoms with Crippen molar-refractivity contribution in [3.8, 4) is 0 Å². The van der Waals surface area contributed by atoms with Crippen molar-refractivity contribution >= 4 is 37.8 Å². The molecule has 1 aliphatic rings. The van der Waals surface area contributed by atoms with Crippen molar-refractivity contribution in [3.05, 3.63) is 33.8 Å². The largest absolute Gasteiger partial charge is 0.339 e. The van der Waals surface area contributed by atoms with Gasteiger partial charge in [0.05, 0.1) is 5.56 Å². The first-order valence-electron chi connectivity index (χ1n) is 5.77. The van der Waals surface area contributed by atoms with Gasteiger partial charge in [-0.2, -0.15) is 0 Å². The lowest BCUT2D eigenvalue weighted by molar-refractivity contribution is 0.0727. The van der Waals surface area contributed by atoms with Crippen LogP contribution in [0.5, 0.6) is 0 Å². The van der Waals surface area contributed by atoms with Crippen LogP contribution in [0.3, 0.4) is 0 Å². The van der Waals surface area contributed by atoms with E-state index >= 15 is 0 Å². The number of benzene rings is 1. The quantitative estimate of drug-likeness (QED) is 0.698. The molecule has 2 nitrogen and oxygen atoms in total. The number of piperidine rings is 1. The molecule has 0 bridgehead atoms. The number of carbonyl (C=O) groups excluding carboxylic acids is 1. The third kappa shape index (κ3) is 3.10. The van der Waals surface area contributed by atoms with Crippen LogP contribution in [0, 0.1) is 6.92 Å². The number of alkyl halides is 1. The van der Waals surface area contributed by atoms with Crippen LogP contribution >= 0.6 is 31.9 Å². The fraction of sp³-hybridized carbons (Fsp3) is 0.462. The average Bonchev–Trinajstić information content (AvgIpc) is 2.29. The Morgan fingerprint density at radius 2 is 2.00 bits per heavy atom. The van der Waals surface area contributed by atoms with Gasteiger partial charge in [0.2, 0.25) is 0 Å². The molecule has 17 heavy (non-hydrogen) atoms. The molecule has 0 spiro atoms. The van der Waals surface area contributed by atoms with Crippen LogP contribution in [0.25, 0.3) is 0 Å². The predicted octanol–water partition coefficient (Wildman–Crippen LogP) is 3.76. The third-order valence-corrected chi connectivity index (χ3v) is 4.64. The van der Waals surface area contributed by atoms with E-state index < -0.39 is 0 Å². The number of aryl methyl sites for hydroxylation is 1. The summed E-state index contributed by atoms with van der Waals surface area (Å²) in [6, 6.07) is 5.88. The zero-order valence-electron chi connectivity index (χ0n) is 9.75. The summed E-state index contributed by atoms with van der Waals surface area (Å²) in [7, 11) is 0. The second-order valence-corrected chi connectivity index (χ2v) is 6.60. The lowest BCUT2D eigenvalue weighted by atomic mass is 10.1. The number of halogens is 2. The molecular formula is C13H15Br2NO. The van der Waals surface area contributed by atoms with E-state index in [1.165, 1.54) is 0 Å². The first kappa shape index (κ1) is 13.1. The van der Waals surface area contributed by atoms with E-state index in [0.717, 1.165) is 41.5 Å². The molecule has 0 radical (unpaired) electrons. The number of carbonyl (C=O) groups is 1. The van der Waals surface area contributed by atoms with Gasteiger partial charge in [-0.25, -0.2) is 0 Å². The molecule has 0 aromatic heterocycles. The third-order valence-electron chi connectivity index (χ3n) is 3.07. The minimum atomic E-state index is 0.135. The van der Waals surface area contributed by atoms with Crippen molar-refractivity contribution in [2.24, 2.45) is 0 Å². The van der Waals surface area contributed by atoms with Crippen LogP contribution in [0.1, 0.15) is 28.8 Å². The van der Waals surface area contributed by atoms with Gasteiger partial charge in [-0.15, -0.1) is 0 Å². The van der Waals surface area contributed by atoms with Crippen molar-refractivity contribution in [1.82, 2.24) is 4.90 Å². The molecule has 1 fully saturated rings. The molecule has 4 heteroatoms. The number of likely N-dealkylation sites (tertiary alicyclic amines) is 1. The molecule has 2 rings (SSSR count). The maximum absolute atomic E-state index is 12.3. The number of rotatable bonds is 1. The highest BCUT2D eigenvalue weighted by molar-refractivity contribution is 9.10. The van der Waals surface area contributed by atoms with Gasteiger partial charge in [0.15, 0.2) is 0 Å². The molecule has 1 heterocycles. The van der Waals surface area contributed by atoms with E-state index in [1.54, 1.807) is 0 Å². The minimum absolute atomic E-state index is 0.135. The molecule has 1 saturated heterocycles. The topological polar surface area (TPSA) is 20.3 Å².